The van der Waals surface area contributed by atoms with Crippen molar-refractivity contribution in [2.45, 2.75) is 51.0 Å². The lowest BCUT2D eigenvalue weighted by atomic mass is 9.64. The number of likely N-dealkylation sites (N-methyl/N-ethyl adjacent to an activating group) is 1. The van der Waals surface area contributed by atoms with Gasteiger partial charge in [-0.25, -0.2) is 9.97 Å². The number of fused-ring (bicyclic) bond motifs is 2. The van der Waals surface area contributed by atoms with Gasteiger partial charge in [0, 0.05) is 68.6 Å². The standard InChI is InChI=1S/C38H42ClN11O5/c1-20-14-38(10-9-27(20)43-22-5-6-24-28(13-22)49(4)47-32(24)25-7-8-30(51)45-35(25)53)18-50(19-38)37-42-16-26(39)33(46-37)44-23-11-21-12-29(55-17-31(52)40-2)36(54)48(3)34(21)41-15-23/h5-6,11-13,15-16,20,25,27,43H,7-10,14,17-19H2,1-4H3,(H,40,52)(H,42,44,46)(H,45,51,53). The lowest BCUT2D eigenvalue weighted by molar-refractivity contribution is -0.134. The van der Waals surface area contributed by atoms with Crippen LogP contribution in [0.1, 0.15) is 50.6 Å². The number of hydrogen-bond donors (Lipinski definition) is 4. The number of aromatic nitrogens is 6. The van der Waals surface area contributed by atoms with Gasteiger partial charge in [0.2, 0.25) is 17.8 Å². The molecule has 4 aromatic heterocycles. The van der Waals surface area contributed by atoms with E-state index >= 15 is 0 Å². The molecule has 4 N–H and O–H groups in total. The smallest absolute Gasteiger partial charge is 0.294 e. The van der Waals surface area contributed by atoms with Crippen molar-refractivity contribution in [3.05, 3.63) is 63.8 Å². The van der Waals surface area contributed by atoms with E-state index in [2.05, 4.69) is 60.3 Å². The maximum absolute atomic E-state index is 12.8. The SMILES string of the molecule is CNC(=O)COc1cc2cc(Nc3nc(N4CC5(CCC(Nc6ccc7c(C8CCC(=O)NC8=O)nn(C)c7c6)C(C)C5)C4)ncc3Cl)cnc2n(C)c1=O. The molecule has 5 aromatic rings. The molecule has 286 valence electrons. The van der Waals surface area contributed by atoms with Crippen LogP contribution in [0.3, 0.4) is 0 Å². The third-order valence-electron chi connectivity index (χ3n) is 11.2. The van der Waals surface area contributed by atoms with E-state index in [0.29, 0.717) is 64.0 Å². The van der Waals surface area contributed by atoms with E-state index in [4.69, 9.17) is 21.3 Å². The summed E-state index contributed by atoms with van der Waals surface area (Å²) in [5.41, 5.74) is 3.51. The van der Waals surface area contributed by atoms with Gasteiger partial charge in [-0.3, -0.25) is 33.7 Å². The van der Waals surface area contributed by atoms with E-state index in [9.17, 15) is 19.2 Å². The first kappa shape index (κ1) is 36.2. The number of carbonyl (C=O) groups is 3. The number of imide groups is 1. The Morgan fingerprint density at radius 1 is 1.07 bits per heavy atom. The molecule has 17 heteroatoms. The van der Waals surface area contributed by atoms with Crippen LogP contribution in [0.25, 0.3) is 21.9 Å². The fourth-order valence-electron chi connectivity index (χ4n) is 8.33. The lowest BCUT2D eigenvalue weighted by Gasteiger charge is -2.55. The number of carbonyl (C=O) groups excluding carboxylic acids is 3. The molecule has 3 fully saturated rings. The van der Waals surface area contributed by atoms with Crippen molar-refractivity contribution in [1.29, 1.82) is 0 Å². The first-order valence-electron chi connectivity index (χ1n) is 18.3. The van der Waals surface area contributed by atoms with Crippen LogP contribution in [0.15, 0.2) is 47.5 Å². The number of amides is 3. The Morgan fingerprint density at radius 2 is 1.89 bits per heavy atom. The molecule has 8 rings (SSSR count). The summed E-state index contributed by atoms with van der Waals surface area (Å²) in [6.07, 6.45) is 7.13. The minimum absolute atomic E-state index is 0.0408. The van der Waals surface area contributed by atoms with Crippen LogP contribution in [-0.2, 0) is 28.5 Å². The quantitative estimate of drug-likeness (QED) is 0.159. The Labute approximate surface area is 321 Å². The van der Waals surface area contributed by atoms with E-state index < -0.39 is 11.5 Å². The monoisotopic (exact) mass is 767 g/mol. The molecule has 1 aliphatic carbocycles. The average molecular weight is 768 g/mol. The largest absolute Gasteiger partial charge is 0.478 e. The molecular weight excluding hydrogens is 726 g/mol. The summed E-state index contributed by atoms with van der Waals surface area (Å²) >= 11 is 6.55. The van der Waals surface area contributed by atoms with Gasteiger partial charge in [0.15, 0.2) is 18.2 Å². The zero-order valence-electron chi connectivity index (χ0n) is 31.0. The Morgan fingerprint density at radius 3 is 2.65 bits per heavy atom. The van der Waals surface area contributed by atoms with Gasteiger partial charge < -0.3 is 25.6 Å². The van der Waals surface area contributed by atoms with E-state index in [-0.39, 0.29) is 35.5 Å². The van der Waals surface area contributed by atoms with Gasteiger partial charge in [0.05, 0.1) is 35.2 Å². The molecule has 3 unspecified atom stereocenters. The normalized spacial score (nSPS) is 20.7. The summed E-state index contributed by atoms with van der Waals surface area (Å²) in [6.45, 7) is 3.72. The highest BCUT2D eigenvalue weighted by Crippen LogP contribution is 2.48. The molecule has 1 saturated carbocycles. The second-order valence-electron chi connectivity index (χ2n) is 15.0. The first-order chi connectivity index (χ1) is 26.4. The van der Waals surface area contributed by atoms with Crippen LogP contribution < -0.4 is 36.5 Å². The van der Waals surface area contributed by atoms with E-state index in [1.165, 1.54) is 11.6 Å². The summed E-state index contributed by atoms with van der Waals surface area (Å²) in [4.78, 5) is 64.7. The molecule has 0 bridgehead atoms. The fraction of sp³-hybridized carbons (Fsp3) is 0.421. The highest BCUT2D eigenvalue weighted by Gasteiger charge is 2.48. The number of hydrogen-bond acceptors (Lipinski definition) is 12. The summed E-state index contributed by atoms with van der Waals surface area (Å²) in [5.74, 6) is 0.195. The second-order valence-corrected chi connectivity index (χ2v) is 15.4. The number of ether oxygens (including phenoxy) is 1. The van der Waals surface area contributed by atoms with Crippen molar-refractivity contribution >= 4 is 74.4 Å². The fourth-order valence-corrected chi connectivity index (χ4v) is 8.47. The topological polar surface area (TPSA) is 190 Å². The number of nitrogens with zero attached hydrogens (tertiary/aromatic N) is 7. The molecule has 3 aliphatic rings. The minimum atomic E-state index is -0.433. The van der Waals surface area contributed by atoms with Crippen molar-refractivity contribution in [2.75, 3.05) is 42.3 Å². The van der Waals surface area contributed by atoms with Crippen molar-refractivity contribution < 1.29 is 19.1 Å². The van der Waals surface area contributed by atoms with Gasteiger partial charge >= 0.3 is 0 Å². The van der Waals surface area contributed by atoms with Crippen molar-refractivity contribution in [3.8, 4) is 5.75 Å². The number of aryl methyl sites for hydroxylation is 2. The van der Waals surface area contributed by atoms with Crippen LogP contribution in [0.2, 0.25) is 5.02 Å². The number of pyridine rings is 2. The predicted molar refractivity (Wildman–Crippen MR) is 208 cm³/mol. The molecule has 1 aromatic carbocycles. The molecule has 0 radical (unpaired) electrons. The first-order valence-corrected chi connectivity index (χ1v) is 18.7. The Bertz CT molecular complexity index is 2420. The average Bonchev–Trinajstić information content (AvgIpc) is 3.47. The number of halogens is 1. The maximum Gasteiger partial charge on any atom is 0.294 e. The van der Waals surface area contributed by atoms with E-state index in [1.807, 2.05) is 23.9 Å². The van der Waals surface area contributed by atoms with E-state index in [1.54, 1.807) is 25.5 Å². The summed E-state index contributed by atoms with van der Waals surface area (Å²) in [7, 11) is 4.98. The zero-order valence-corrected chi connectivity index (χ0v) is 31.7. The number of rotatable bonds is 9. The zero-order chi connectivity index (χ0) is 38.6. The lowest BCUT2D eigenvalue weighted by Crippen LogP contribution is -2.60. The minimum Gasteiger partial charge on any atom is -0.478 e. The van der Waals surface area contributed by atoms with E-state index in [0.717, 1.165) is 48.9 Å². The number of benzene rings is 1. The van der Waals surface area contributed by atoms with Crippen molar-refractivity contribution in [2.24, 2.45) is 25.4 Å². The molecule has 2 aliphatic heterocycles. The molecular formula is C38H42ClN11O5. The second kappa shape index (κ2) is 14.1. The molecule has 16 nitrogen and oxygen atoms in total. The number of anilines is 4. The molecule has 55 heavy (non-hydrogen) atoms. The van der Waals surface area contributed by atoms with Gasteiger partial charge in [-0.15, -0.1) is 0 Å². The van der Waals surface area contributed by atoms with Gasteiger partial charge in [0.25, 0.3) is 11.5 Å². The molecule has 6 heterocycles. The number of piperidine rings is 1. The Balaban J connectivity index is 0.906. The predicted octanol–water partition coefficient (Wildman–Crippen LogP) is 3.76. The van der Waals surface area contributed by atoms with Crippen LogP contribution in [-0.4, -0.2) is 79.8 Å². The summed E-state index contributed by atoms with van der Waals surface area (Å²) in [6, 6.07) is 9.87. The Kier molecular flexibility index (Phi) is 9.31. The van der Waals surface area contributed by atoms with Crippen LogP contribution in [0.4, 0.5) is 23.1 Å². The van der Waals surface area contributed by atoms with Crippen molar-refractivity contribution in [3.63, 3.8) is 0 Å². The highest BCUT2D eigenvalue weighted by atomic mass is 35.5. The third kappa shape index (κ3) is 6.90. The van der Waals surface area contributed by atoms with Crippen LogP contribution in [0, 0.1) is 11.3 Å². The maximum atomic E-state index is 12.8. The summed E-state index contributed by atoms with van der Waals surface area (Å²) in [5, 5.41) is 18.6. The molecule has 3 amide bonds. The van der Waals surface area contributed by atoms with Crippen LogP contribution in [0.5, 0.6) is 5.75 Å². The Hall–Kier alpha value is -5.77. The molecule has 1 spiro atoms. The van der Waals surface area contributed by atoms with Gasteiger partial charge in [-0.05, 0) is 61.9 Å². The summed E-state index contributed by atoms with van der Waals surface area (Å²) < 4.78 is 8.67. The van der Waals surface area contributed by atoms with Gasteiger partial charge in [-0.2, -0.15) is 10.1 Å². The molecule has 2 saturated heterocycles. The van der Waals surface area contributed by atoms with Crippen LogP contribution >= 0.6 is 11.6 Å². The third-order valence-corrected chi connectivity index (χ3v) is 11.5. The van der Waals surface area contributed by atoms with Gasteiger partial charge in [-0.1, -0.05) is 18.5 Å². The number of nitrogens with one attached hydrogen (secondary N) is 4. The molecule has 3 atom stereocenters. The van der Waals surface area contributed by atoms with Gasteiger partial charge in [0.1, 0.15) is 10.7 Å². The van der Waals surface area contributed by atoms with Crippen molar-refractivity contribution in [1.82, 2.24) is 39.9 Å². The highest BCUT2D eigenvalue weighted by molar-refractivity contribution is 6.33.